The number of H-pyrrole nitrogens is 1. The Hall–Kier alpha value is -1.41. The molecule has 7 nitrogen and oxygen atoms in total. The fourth-order valence-corrected chi connectivity index (χ4v) is 2.08. The number of amides is 1. The van der Waals surface area contributed by atoms with Gasteiger partial charge in [0.2, 0.25) is 5.91 Å². The van der Waals surface area contributed by atoms with Gasteiger partial charge in [-0.2, -0.15) is 5.10 Å². The first kappa shape index (κ1) is 12.7. The number of aromatic nitrogens is 2. The third-order valence-corrected chi connectivity index (χ3v) is 3.30. The summed E-state index contributed by atoms with van der Waals surface area (Å²) >= 11 is 0. The predicted molar refractivity (Wildman–Crippen MR) is 56.8 cm³/mol. The van der Waals surface area contributed by atoms with Crippen LogP contribution in [0.3, 0.4) is 0 Å². The standard InChI is InChI=1S/C8H14N4O3S/c9-7(13)3-1-2-5-11-16(14,15)8-4-6-10-12-8/h4,6,11H,1-3,5H2,(H2,9,13)(H,10,12). The van der Waals surface area contributed by atoms with Crippen LogP contribution in [0.2, 0.25) is 0 Å². The van der Waals surface area contributed by atoms with Crippen molar-refractivity contribution in [3.05, 3.63) is 12.3 Å². The van der Waals surface area contributed by atoms with Crippen molar-refractivity contribution in [3.63, 3.8) is 0 Å². The molecule has 0 saturated carbocycles. The van der Waals surface area contributed by atoms with E-state index in [9.17, 15) is 13.2 Å². The molecule has 4 N–H and O–H groups in total. The summed E-state index contributed by atoms with van der Waals surface area (Å²) in [5.74, 6) is -0.378. The lowest BCUT2D eigenvalue weighted by Gasteiger charge is -2.03. The summed E-state index contributed by atoms with van der Waals surface area (Å²) in [5, 5.41) is 5.94. The molecule has 0 radical (unpaired) electrons. The summed E-state index contributed by atoms with van der Waals surface area (Å²) < 4.78 is 25.4. The average Bonchev–Trinajstić information content (AvgIpc) is 2.69. The molecule has 0 bridgehead atoms. The second-order valence-electron chi connectivity index (χ2n) is 3.24. The molecular weight excluding hydrogens is 232 g/mol. The number of nitrogens with two attached hydrogens (primary N) is 1. The average molecular weight is 246 g/mol. The summed E-state index contributed by atoms with van der Waals surface area (Å²) in [7, 11) is -3.50. The molecule has 0 aliphatic heterocycles. The van der Waals surface area contributed by atoms with Gasteiger partial charge < -0.3 is 5.73 Å². The molecule has 16 heavy (non-hydrogen) atoms. The SMILES string of the molecule is NC(=O)CCCCNS(=O)(=O)c1ccn[nH]1. The molecule has 1 rings (SSSR count). The van der Waals surface area contributed by atoms with E-state index < -0.39 is 10.0 Å². The van der Waals surface area contributed by atoms with Crippen molar-refractivity contribution in [2.45, 2.75) is 24.3 Å². The molecule has 90 valence electrons. The van der Waals surface area contributed by atoms with Gasteiger partial charge in [0, 0.05) is 13.0 Å². The van der Waals surface area contributed by atoms with Crippen molar-refractivity contribution >= 4 is 15.9 Å². The Kier molecular flexibility index (Phi) is 4.44. The van der Waals surface area contributed by atoms with E-state index in [0.29, 0.717) is 12.8 Å². The first-order valence-corrected chi connectivity index (χ1v) is 6.28. The van der Waals surface area contributed by atoms with Gasteiger partial charge in [0.15, 0.2) is 5.03 Å². The normalized spacial score (nSPS) is 11.5. The first-order valence-electron chi connectivity index (χ1n) is 4.80. The molecule has 0 saturated heterocycles. The van der Waals surface area contributed by atoms with E-state index in [2.05, 4.69) is 14.9 Å². The van der Waals surface area contributed by atoms with Gasteiger partial charge in [-0.1, -0.05) is 0 Å². The Balaban J connectivity index is 2.30. The number of nitrogens with one attached hydrogen (secondary N) is 2. The Morgan fingerprint density at radius 2 is 2.25 bits per heavy atom. The zero-order valence-electron chi connectivity index (χ0n) is 8.64. The highest BCUT2D eigenvalue weighted by atomic mass is 32.2. The topological polar surface area (TPSA) is 118 Å². The van der Waals surface area contributed by atoms with Crippen molar-refractivity contribution in [2.75, 3.05) is 6.54 Å². The summed E-state index contributed by atoms with van der Waals surface area (Å²) in [5.41, 5.74) is 4.95. The summed E-state index contributed by atoms with van der Waals surface area (Å²) in [4.78, 5) is 10.4. The molecule has 0 aromatic carbocycles. The quantitative estimate of drug-likeness (QED) is 0.553. The third-order valence-electron chi connectivity index (χ3n) is 1.91. The van der Waals surface area contributed by atoms with Crippen molar-refractivity contribution in [1.29, 1.82) is 0 Å². The number of nitrogens with zero attached hydrogens (tertiary/aromatic N) is 1. The number of hydrogen-bond donors (Lipinski definition) is 3. The zero-order valence-corrected chi connectivity index (χ0v) is 9.46. The molecule has 0 fully saturated rings. The first-order chi connectivity index (χ1) is 7.52. The van der Waals surface area contributed by atoms with E-state index in [1.807, 2.05) is 0 Å². The van der Waals surface area contributed by atoms with Gasteiger partial charge in [0.25, 0.3) is 10.0 Å². The van der Waals surface area contributed by atoms with Gasteiger partial charge in [-0.15, -0.1) is 0 Å². The minimum atomic E-state index is -3.50. The maximum absolute atomic E-state index is 11.5. The monoisotopic (exact) mass is 246 g/mol. The minimum absolute atomic E-state index is 0.0300. The number of aromatic amines is 1. The van der Waals surface area contributed by atoms with Crippen molar-refractivity contribution < 1.29 is 13.2 Å². The van der Waals surface area contributed by atoms with Gasteiger partial charge in [-0.3, -0.25) is 9.89 Å². The van der Waals surface area contributed by atoms with Gasteiger partial charge in [0.05, 0.1) is 6.20 Å². The van der Waals surface area contributed by atoms with E-state index >= 15 is 0 Å². The number of sulfonamides is 1. The van der Waals surface area contributed by atoms with Crippen LogP contribution in [-0.2, 0) is 14.8 Å². The van der Waals surface area contributed by atoms with Crippen LogP contribution in [0.5, 0.6) is 0 Å². The Morgan fingerprint density at radius 1 is 1.50 bits per heavy atom. The van der Waals surface area contributed by atoms with Crippen molar-refractivity contribution in [1.82, 2.24) is 14.9 Å². The molecule has 0 aliphatic rings. The van der Waals surface area contributed by atoms with Crippen LogP contribution < -0.4 is 10.5 Å². The second kappa shape index (κ2) is 5.61. The van der Waals surface area contributed by atoms with Crippen LogP contribution in [0, 0.1) is 0 Å². The zero-order chi connectivity index (χ0) is 12.0. The van der Waals surface area contributed by atoms with E-state index in [-0.39, 0.29) is 23.9 Å². The molecule has 0 spiro atoms. The van der Waals surface area contributed by atoms with E-state index in [0.717, 1.165) is 0 Å². The molecule has 1 aromatic rings. The van der Waals surface area contributed by atoms with Crippen molar-refractivity contribution in [2.24, 2.45) is 5.73 Å². The molecule has 8 heteroatoms. The molecule has 1 aromatic heterocycles. The molecule has 0 unspecified atom stereocenters. The summed E-state index contributed by atoms with van der Waals surface area (Å²) in [6, 6.07) is 1.37. The van der Waals surface area contributed by atoms with Crippen LogP contribution in [0.4, 0.5) is 0 Å². The summed E-state index contributed by atoms with van der Waals surface area (Å²) in [6.07, 6.45) is 2.77. The number of primary amides is 1. The van der Waals surface area contributed by atoms with E-state index in [1.54, 1.807) is 0 Å². The lowest BCUT2D eigenvalue weighted by molar-refractivity contribution is -0.118. The van der Waals surface area contributed by atoms with Crippen molar-refractivity contribution in [3.8, 4) is 0 Å². The highest BCUT2D eigenvalue weighted by molar-refractivity contribution is 7.89. The van der Waals surface area contributed by atoms with Crippen LogP contribution in [0.25, 0.3) is 0 Å². The second-order valence-corrected chi connectivity index (χ2v) is 4.98. The van der Waals surface area contributed by atoms with Gasteiger partial charge >= 0.3 is 0 Å². The molecule has 1 amide bonds. The van der Waals surface area contributed by atoms with Gasteiger partial charge in [-0.05, 0) is 18.9 Å². The lowest BCUT2D eigenvalue weighted by atomic mass is 10.2. The third kappa shape index (κ3) is 3.99. The number of carbonyl (C=O) groups is 1. The lowest BCUT2D eigenvalue weighted by Crippen LogP contribution is -2.25. The van der Waals surface area contributed by atoms with E-state index in [1.165, 1.54) is 12.3 Å². The van der Waals surface area contributed by atoms with Crippen LogP contribution >= 0.6 is 0 Å². The fraction of sp³-hybridized carbons (Fsp3) is 0.500. The smallest absolute Gasteiger partial charge is 0.257 e. The van der Waals surface area contributed by atoms with Gasteiger partial charge in [0.1, 0.15) is 0 Å². The largest absolute Gasteiger partial charge is 0.370 e. The maximum atomic E-state index is 11.5. The number of hydrogen-bond acceptors (Lipinski definition) is 4. The Morgan fingerprint density at radius 3 is 2.81 bits per heavy atom. The van der Waals surface area contributed by atoms with Gasteiger partial charge in [-0.25, -0.2) is 13.1 Å². The number of rotatable bonds is 7. The predicted octanol–water partition coefficient (Wildman–Crippen LogP) is -0.656. The van der Waals surface area contributed by atoms with Crippen LogP contribution in [0.1, 0.15) is 19.3 Å². The molecule has 0 atom stereocenters. The van der Waals surface area contributed by atoms with Crippen LogP contribution in [0.15, 0.2) is 17.3 Å². The fourth-order valence-electron chi connectivity index (χ4n) is 1.10. The number of unbranched alkanes of at least 4 members (excludes halogenated alkanes) is 1. The minimum Gasteiger partial charge on any atom is -0.370 e. The Labute approximate surface area is 93.5 Å². The number of carbonyl (C=O) groups excluding carboxylic acids is 1. The Bertz CT molecular complexity index is 426. The van der Waals surface area contributed by atoms with E-state index in [4.69, 9.17) is 5.73 Å². The maximum Gasteiger partial charge on any atom is 0.257 e. The molecular formula is C8H14N4O3S. The highest BCUT2D eigenvalue weighted by Gasteiger charge is 2.13. The highest BCUT2D eigenvalue weighted by Crippen LogP contribution is 2.02. The molecule has 0 aliphatic carbocycles. The van der Waals surface area contributed by atoms with Crippen LogP contribution in [-0.4, -0.2) is 31.1 Å². The summed E-state index contributed by atoms with van der Waals surface area (Å²) in [6.45, 7) is 0.272. The molecule has 1 heterocycles.